The molecule has 3 N–H and O–H groups in total. The fourth-order valence-electron chi connectivity index (χ4n) is 1.39. The van der Waals surface area contributed by atoms with Gasteiger partial charge in [0.15, 0.2) is 22.6 Å². The molecule has 2 rings (SSSR count). The van der Waals surface area contributed by atoms with Crippen LogP contribution in [-0.4, -0.2) is 10.9 Å². The second-order valence-electron chi connectivity index (χ2n) is 3.62. The number of nitrogens with one attached hydrogen (secondary N) is 1. The second kappa shape index (κ2) is 5.27. The molecule has 0 atom stereocenters. The van der Waals surface area contributed by atoms with E-state index in [9.17, 15) is 18.0 Å². The SMILES string of the molecule is Nc1nc(CC(=O)Nc2ccc(F)c(F)c2F)cs1. The zero-order valence-corrected chi connectivity index (χ0v) is 10.2. The van der Waals surface area contributed by atoms with Crippen LogP contribution in [0.4, 0.5) is 24.0 Å². The number of benzene rings is 1. The quantitative estimate of drug-likeness (QED) is 0.851. The summed E-state index contributed by atoms with van der Waals surface area (Å²) in [5.74, 6) is -4.99. The number of nitrogens with two attached hydrogens (primary N) is 1. The number of carbonyl (C=O) groups excluding carboxylic acids is 1. The van der Waals surface area contributed by atoms with E-state index >= 15 is 0 Å². The van der Waals surface area contributed by atoms with Crippen LogP contribution in [0.3, 0.4) is 0 Å². The van der Waals surface area contributed by atoms with Crippen molar-refractivity contribution >= 4 is 28.1 Å². The van der Waals surface area contributed by atoms with Crippen LogP contribution in [0.5, 0.6) is 0 Å². The highest BCUT2D eigenvalue weighted by atomic mass is 32.1. The number of nitrogen functional groups attached to an aromatic ring is 1. The fourth-order valence-corrected chi connectivity index (χ4v) is 1.95. The molecule has 100 valence electrons. The largest absolute Gasteiger partial charge is 0.375 e. The summed E-state index contributed by atoms with van der Waals surface area (Å²) in [5, 5.41) is 4.03. The van der Waals surface area contributed by atoms with E-state index in [1.54, 1.807) is 5.38 Å². The Labute approximate surface area is 110 Å². The Morgan fingerprint density at radius 2 is 2.05 bits per heavy atom. The Morgan fingerprint density at radius 3 is 2.68 bits per heavy atom. The van der Waals surface area contributed by atoms with Gasteiger partial charge in [0.2, 0.25) is 5.91 Å². The average molecular weight is 287 g/mol. The molecule has 1 aromatic carbocycles. The van der Waals surface area contributed by atoms with Crippen LogP contribution < -0.4 is 11.1 Å². The Bertz CT molecular complexity index is 630. The maximum Gasteiger partial charge on any atom is 0.230 e. The van der Waals surface area contributed by atoms with Crippen LogP contribution in [0, 0.1) is 17.5 Å². The molecule has 0 bridgehead atoms. The molecule has 8 heteroatoms. The maximum absolute atomic E-state index is 13.3. The molecule has 0 aliphatic heterocycles. The van der Waals surface area contributed by atoms with Gasteiger partial charge in [-0.1, -0.05) is 0 Å². The Hall–Kier alpha value is -2.09. The molecule has 0 aliphatic carbocycles. The van der Waals surface area contributed by atoms with Crippen molar-refractivity contribution in [2.45, 2.75) is 6.42 Å². The first kappa shape index (κ1) is 13.3. The van der Waals surface area contributed by atoms with E-state index in [1.807, 2.05) is 0 Å². The van der Waals surface area contributed by atoms with Crippen LogP contribution >= 0.6 is 11.3 Å². The van der Waals surface area contributed by atoms with Crippen LogP contribution in [0.1, 0.15) is 5.69 Å². The summed E-state index contributed by atoms with van der Waals surface area (Å²) in [4.78, 5) is 15.4. The molecule has 0 radical (unpaired) electrons. The summed E-state index contributed by atoms with van der Waals surface area (Å²) in [6, 6.07) is 1.68. The van der Waals surface area contributed by atoms with E-state index in [0.717, 1.165) is 23.5 Å². The van der Waals surface area contributed by atoms with Crippen LogP contribution in [0.2, 0.25) is 0 Å². The average Bonchev–Trinajstić information content (AvgIpc) is 2.75. The first-order valence-corrected chi connectivity index (χ1v) is 5.98. The molecule has 0 unspecified atom stereocenters. The second-order valence-corrected chi connectivity index (χ2v) is 4.51. The standard InChI is InChI=1S/C11H8F3N3OS/c12-6-1-2-7(10(14)9(6)13)17-8(18)3-5-4-19-11(15)16-5/h1-2,4H,3H2,(H2,15,16)(H,17,18). The van der Waals surface area contributed by atoms with Gasteiger partial charge in [-0.15, -0.1) is 11.3 Å². The Balaban J connectivity index is 2.09. The lowest BCUT2D eigenvalue weighted by Crippen LogP contribution is -2.16. The van der Waals surface area contributed by atoms with Crippen molar-refractivity contribution in [1.82, 2.24) is 4.98 Å². The van der Waals surface area contributed by atoms with Gasteiger partial charge in [0.1, 0.15) is 0 Å². The van der Waals surface area contributed by atoms with Crippen molar-refractivity contribution in [2.24, 2.45) is 0 Å². The molecule has 2 aromatic rings. The summed E-state index contributed by atoms with van der Waals surface area (Å²) in [6.07, 6.45) is -0.133. The molecular formula is C11H8F3N3OS. The number of anilines is 2. The third-order valence-corrected chi connectivity index (χ3v) is 2.94. The minimum atomic E-state index is -1.63. The highest BCUT2D eigenvalue weighted by molar-refractivity contribution is 7.13. The minimum absolute atomic E-state index is 0.133. The summed E-state index contributed by atoms with van der Waals surface area (Å²) in [7, 11) is 0. The summed E-state index contributed by atoms with van der Waals surface area (Å²) in [6.45, 7) is 0. The van der Waals surface area contributed by atoms with E-state index in [2.05, 4.69) is 10.3 Å². The van der Waals surface area contributed by atoms with Crippen LogP contribution in [0.25, 0.3) is 0 Å². The molecule has 0 spiro atoms. The lowest BCUT2D eigenvalue weighted by Gasteiger charge is -2.06. The van der Waals surface area contributed by atoms with Crippen molar-refractivity contribution in [1.29, 1.82) is 0 Å². The normalized spacial score (nSPS) is 10.5. The molecule has 0 saturated heterocycles. The minimum Gasteiger partial charge on any atom is -0.375 e. The van der Waals surface area contributed by atoms with Crippen LogP contribution in [0.15, 0.2) is 17.5 Å². The highest BCUT2D eigenvalue weighted by Crippen LogP contribution is 2.20. The lowest BCUT2D eigenvalue weighted by molar-refractivity contribution is -0.115. The number of amides is 1. The molecule has 1 heterocycles. The van der Waals surface area contributed by atoms with Gasteiger partial charge in [0.25, 0.3) is 0 Å². The van der Waals surface area contributed by atoms with Crippen molar-refractivity contribution in [2.75, 3.05) is 11.1 Å². The Kier molecular flexibility index (Phi) is 3.70. The van der Waals surface area contributed by atoms with Gasteiger partial charge in [0.05, 0.1) is 17.8 Å². The van der Waals surface area contributed by atoms with Gasteiger partial charge in [-0.3, -0.25) is 4.79 Å². The Morgan fingerprint density at radius 1 is 1.32 bits per heavy atom. The first-order valence-electron chi connectivity index (χ1n) is 5.10. The number of hydrogen-bond acceptors (Lipinski definition) is 4. The number of aromatic nitrogens is 1. The van der Waals surface area contributed by atoms with E-state index in [-0.39, 0.29) is 6.42 Å². The van der Waals surface area contributed by atoms with Crippen molar-refractivity contribution < 1.29 is 18.0 Å². The summed E-state index contributed by atoms with van der Waals surface area (Å²) >= 11 is 1.16. The van der Waals surface area contributed by atoms with E-state index in [4.69, 9.17) is 5.73 Å². The van der Waals surface area contributed by atoms with E-state index in [0.29, 0.717) is 10.8 Å². The summed E-state index contributed by atoms with van der Waals surface area (Å²) < 4.78 is 38.9. The molecule has 1 amide bonds. The third kappa shape index (κ3) is 3.02. The van der Waals surface area contributed by atoms with Gasteiger partial charge in [0, 0.05) is 5.38 Å². The molecular weight excluding hydrogens is 279 g/mol. The van der Waals surface area contributed by atoms with Gasteiger partial charge < -0.3 is 11.1 Å². The predicted octanol–water partition coefficient (Wildman–Crippen LogP) is 2.32. The fraction of sp³-hybridized carbons (Fsp3) is 0.0909. The number of hydrogen-bond donors (Lipinski definition) is 2. The van der Waals surface area contributed by atoms with Crippen LogP contribution in [-0.2, 0) is 11.2 Å². The number of rotatable bonds is 3. The molecule has 0 aliphatic rings. The topological polar surface area (TPSA) is 68.0 Å². The number of halogens is 3. The number of carbonyl (C=O) groups is 1. The predicted molar refractivity (Wildman–Crippen MR) is 65.2 cm³/mol. The molecule has 0 fully saturated rings. The summed E-state index contributed by atoms with van der Waals surface area (Å²) in [5.41, 5.74) is 5.39. The molecule has 1 aromatic heterocycles. The van der Waals surface area contributed by atoms with E-state index in [1.165, 1.54) is 0 Å². The molecule has 0 saturated carbocycles. The van der Waals surface area contributed by atoms with E-state index < -0.39 is 29.0 Å². The lowest BCUT2D eigenvalue weighted by atomic mass is 10.2. The van der Waals surface area contributed by atoms with Gasteiger partial charge in [-0.2, -0.15) is 0 Å². The van der Waals surface area contributed by atoms with Crippen molar-refractivity contribution in [3.05, 3.63) is 40.7 Å². The molecule has 4 nitrogen and oxygen atoms in total. The number of thiazole rings is 1. The monoisotopic (exact) mass is 287 g/mol. The number of nitrogens with zero attached hydrogens (tertiary/aromatic N) is 1. The van der Waals surface area contributed by atoms with Crippen molar-refractivity contribution in [3.8, 4) is 0 Å². The molecule has 19 heavy (non-hydrogen) atoms. The van der Waals surface area contributed by atoms with Gasteiger partial charge >= 0.3 is 0 Å². The van der Waals surface area contributed by atoms with Gasteiger partial charge in [-0.25, -0.2) is 18.2 Å². The van der Waals surface area contributed by atoms with Gasteiger partial charge in [-0.05, 0) is 12.1 Å². The zero-order chi connectivity index (χ0) is 14.0. The van der Waals surface area contributed by atoms with Crippen molar-refractivity contribution in [3.63, 3.8) is 0 Å². The zero-order valence-electron chi connectivity index (χ0n) is 9.41. The first-order chi connectivity index (χ1) is 8.97. The third-order valence-electron chi connectivity index (χ3n) is 2.22. The maximum atomic E-state index is 13.3. The highest BCUT2D eigenvalue weighted by Gasteiger charge is 2.15. The smallest absolute Gasteiger partial charge is 0.230 e.